The van der Waals surface area contributed by atoms with E-state index in [9.17, 15) is 4.39 Å². The average Bonchev–Trinajstić information content (AvgIpc) is 2.27. The molecule has 0 aliphatic carbocycles. The van der Waals surface area contributed by atoms with Crippen molar-refractivity contribution in [3.8, 4) is 6.07 Å². The summed E-state index contributed by atoms with van der Waals surface area (Å²) in [6.45, 7) is 6.45. The molecule has 0 saturated carbocycles. The lowest BCUT2D eigenvalue weighted by molar-refractivity contribution is 0.612. The zero-order chi connectivity index (χ0) is 12.1. The first-order valence-corrected chi connectivity index (χ1v) is 6.40. The number of hydrogen-bond donors (Lipinski definition) is 0. The van der Waals surface area contributed by atoms with Crippen molar-refractivity contribution < 1.29 is 4.39 Å². The van der Waals surface area contributed by atoms with Gasteiger partial charge in [0.25, 0.3) is 0 Å². The minimum absolute atomic E-state index is 0.135. The van der Waals surface area contributed by atoms with Gasteiger partial charge in [-0.2, -0.15) is 17.0 Å². The van der Waals surface area contributed by atoms with Gasteiger partial charge in [-0.3, -0.25) is 0 Å². The molecule has 0 aliphatic rings. The molecule has 1 atom stereocenters. The van der Waals surface area contributed by atoms with Crippen LogP contribution in [0.1, 0.15) is 31.9 Å². The van der Waals surface area contributed by atoms with Crippen molar-refractivity contribution in [1.82, 2.24) is 0 Å². The maximum absolute atomic E-state index is 13.7. The highest BCUT2D eigenvalue weighted by Gasteiger charge is 2.11. The minimum Gasteiger partial charge on any atom is -0.205 e. The molecule has 0 amide bonds. The van der Waals surface area contributed by atoms with Crippen LogP contribution in [0.4, 0.5) is 4.39 Å². The standard InChI is InChI=1S/C13H16FNS/c1-9(2)10(3)16-8-12-6-4-5-11(7-15)13(12)14/h4-6,9-10H,8H2,1-3H3. The Hall–Kier alpha value is -1.01. The number of halogens is 1. The van der Waals surface area contributed by atoms with Gasteiger partial charge in [0.2, 0.25) is 0 Å². The van der Waals surface area contributed by atoms with Crippen LogP contribution >= 0.6 is 11.8 Å². The molecule has 1 aromatic carbocycles. The van der Waals surface area contributed by atoms with Crippen molar-refractivity contribution in [3.63, 3.8) is 0 Å². The maximum atomic E-state index is 13.7. The minimum atomic E-state index is -0.367. The van der Waals surface area contributed by atoms with Crippen molar-refractivity contribution in [1.29, 1.82) is 5.26 Å². The van der Waals surface area contributed by atoms with Crippen LogP contribution in [0.5, 0.6) is 0 Å². The molecular formula is C13H16FNS. The zero-order valence-electron chi connectivity index (χ0n) is 9.83. The molecule has 0 N–H and O–H groups in total. The zero-order valence-corrected chi connectivity index (χ0v) is 10.6. The molecule has 0 fully saturated rings. The lowest BCUT2D eigenvalue weighted by Crippen LogP contribution is -2.06. The first-order valence-electron chi connectivity index (χ1n) is 5.35. The topological polar surface area (TPSA) is 23.8 Å². The monoisotopic (exact) mass is 237 g/mol. The highest BCUT2D eigenvalue weighted by Crippen LogP contribution is 2.25. The van der Waals surface area contributed by atoms with E-state index >= 15 is 0 Å². The normalized spacial score (nSPS) is 12.5. The van der Waals surface area contributed by atoms with E-state index < -0.39 is 0 Å². The van der Waals surface area contributed by atoms with Crippen LogP contribution in [0.2, 0.25) is 0 Å². The molecule has 0 aliphatic heterocycles. The van der Waals surface area contributed by atoms with Gasteiger partial charge < -0.3 is 0 Å². The van der Waals surface area contributed by atoms with Gasteiger partial charge in [0.05, 0.1) is 5.56 Å². The molecule has 1 unspecified atom stereocenters. The Morgan fingerprint density at radius 1 is 1.38 bits per heavy atom. The van der Waals surface area contributed by atoms with E-state index in [4.69, 9.17) is 5.26 Å². The molecule has 1 rings (SSSR count). The smallest absolute Gasteiger partial charge is 0.144 e. The summed E-state index contributed by atoms with van der Waals surface area (Å²) in [5.74, 6) is 0.835. The molecule has 16 heavy (non-hydrogen) atoms. The number of benzene rings is 1. The summed E-state index contributed by atoms with van der Waals surface area (Å²) in [6.07, 6.45) is 0. The number of hydrogen-bond acceptors (Lipinski definition) is 2. The SMILES string of the molecule is CC(C)C(C)SCc1cccc(C#N)c1F. The Balaban J connectivity index is 2.72. The first-order chi connectivity index (χ1) is 7.56. The second-order valence-corrected chi connectivity index (χ2v) is 5.52. The van der Waals surface area contributed by atoms with Crippen LogP contribution in [-0.2, 0) is 5.75 Å². The predicted molar refractivity (Wildman–Crippen MR) is 66.7 cm³/mol. The summed E-state index contributed by atoms with van der Waals surface area (Å²) >= 11 is 1.72. The molecule has 1 aromatic rings. The van der Waals surface area contributed by atoms with Gasteiger partial charge in [-0.1, -0.05) is 32.9 Å². The van der Waals surface area contributed by atoms with Crippen molar-refractivity contribution in [2.24, 2.45) is 5.92 Å². The van der Waals surface area contributed by atoms with E-state index in [0.29, 0.717) is 22.5 Å². The van der Waals surface area contributed by atoms with Gasteiger partial charge in [-0.25, -0.2) is 4.39 Å². The van der Waals surface area contributed by atoms with Gasteiger partial charge in [0.15, 0.2) is 0 Å². The molecule has 0 spiro atoms. The summed E-state index contributed by atoms with van der Waals surface area (Å²) in [5.41, 5.74) is 0.756. The predicted octanol–water partition coefficient (Wildman–Crippen LogP) is 3.98. The fraction of sp³-hybridized carbons (Fsp3) is 0.462. The second kappa shape index (κ2) is 5.91. The molecule has 3 heteroatoms. The molecule has 0 saturated heterocycles. The van der Waals surface area contributed by atoms with Crippen LogP contribution in [0.3, 0.4) is 0 Å². The Morgan fingerprint density at radius 3 is 2.62 bits per heavy atom. The quantitative estimate of drug-likeness (QED) is 0.791. The van der Waals surface area contributed by atoms with E-state index in [1.807, 2.05) is 6.07 Å². The molecule has 1 nitrogen and oxygen atoms in total. The molecule has 86 valence electrons. The highest BCUT2D eigenvalue weighted by atomic mass is 32.2. The van der Waals surface area contributed by atoms with E-state index in [2.05, 4.69) is 20.8 Å². The number of rotatable bonds is 4. The van der Waals surface area contributed by atoms with E-state index in [1.54, 1.807) is 23.9 Å². The first kappa shape index (κ1) is 13.1. The number of thioether (sulfide) groups is 1. The maximum Gasteiger partial charge on any atom is 0.144 e. The fourth-order valence-electron chi connectivity index (χ4n) is 1.19. The summed E-state index contributed by atoms with van der Waals surface area (Å²) in [4.78, 5) is 0. The Kier molecular flexibility index (Phi) is 4.82. The van der Waals surface area contributed by atoms with Crippen LogP contribution in [0.15, 0.2) is 18.2 Å². The van der Waals surface area contributed by atoms with Crippen LogP contribution in [0.25, 0.3) is 0 Å². The molecule has 0 heterocycles. The van der Waals surface area contributed by atoms with Gasteiger partial charge in [0, 0.05) is 11.0 Å². The van der Waals surface area contributed by atoms with Gasteiger partial charge in [-0.05, 0) is 17.5 Å². The van der Waals surface area contributed by atoms with Crippen molar-refractivity contribution >= 4 is 11.8 Å². The largest absolute Gasteiger partial charge is 0.205 e. The average molecular weight is 237 g/mol. The lowest BCUT2D eigenvalue weighted by atomic mass is 10.1. The van der Waals surface area contributed by atoms with E-state index in [0.717, 1.165) is 0 Å². The Morgan fingerprint density at radius 2 is 2.06 bits per heavy atom. The molecule has 0 aromatic heterocycles. The highest BCUT2D eigenvalue weighted by molar-refractivity contribution is 7.99. The number of nitrogens with zero attached hydrogens (tertiary/aromatic N) is 1. The van der Waals surface area contributed by atoms with E-state index in [-0.39, 0.29) is 11.4 Å². The van der Waals surface area contributed by atoms with Gasteiger partial charge in [-0.15, -0.1) is 0 Å². The second-order valence-electron chi connectivity index (χ2n) is 4.15. The van der Waals surface area contributed by atoms with Crippen molar-refractivity contribution in [2.75, 3.05) is 0 Å². The van der Waals surface area contributed by atoms with Gasteiger partial charge >= 0.3 is 0 Å². The number of nitriles is 1. The van der Waals surface area contributed by atoms with Crippen LogP contribution in [0, 0.1) is 23.1 Å². The summed E-state index contributed by atoms with van der Waals surface area (Å²) in [5, 5.41) is 9.20. The van der Waals surface area contributed by atoms with Crippen LogP contribution in [-0.4, -0.2) is 5.25 Å². The summed E-state index contributed by atoms with van der Waals surface area (Å²) in [6, 6.07) is 6.85. The van der Waals surface area contributed by atoms with Crippen LogP contribution < -0.4 is 0 Å². The third kappa shape index (κ3) is 3.24. The third-order valence-corrected chi connectivity index (χ3v) is 4.19. The fourth-order valence-corrected chi connectivity index (χ4v) is 2.24. The lowest BCUT2D eigenvalue weighted by Gasteiger charge is -2.15. The van der Waals surface area contributed by atoms with E-state index in [1.165, 1.54) is 6.07 Å². The molecular weight excluding hydrogens is 221 g/mol. The third-order valence-electron chi connectivity index (χ3n) is 2.64. The Labute approximate surface area is 101 Å². The summed E-state index contributed by atoms with van der Waals surface area (Å²) in [7, 11) is 0. The Bertz CT molecular complexity index is 395. The molecule has 0 radical (unpaired) electrons. The summed E-state index contributed by atoms with van der Waals surface area (Å²) < 4.78 is 13.7. The molecule has 0 bridgehead atoms. The van der Waals surface area contributed by atoms with Crippen molar-refractivity contribution in [3.05, 3.63) is 35.1 Å². The van der Waals surface area contributed by atoms with Crippen molar-refractivity contribution in [2.45, 2.75) is 31.8 Å². The van der Waals surface area contributed by atoms with Gasteiger partial charge in [0.1, 0.15) is 11.9 Å².